The summed E-state index contributed by atoms with van der Waals surface area (Å²) in [6.07, 6.45) is 6.52. The largest absolute Gasteiger partial charge is 0.357 e. The topological polar surface area (TPSA) is 83.3 Å². The molecule has 0 radical (unpaired) electrons. The maximum Gasteiger partial charge on any atom is 0.220 e. The third-order valence-corrected chi connectivity index (χ3v) is 5.55. The number of guanidine groups is 1. The smallest absolute Gasteiger partial charge is 0.220 e. The number of nitrogens with zero attached hydrogens (tertiary/aromatic N) is 3. The lowest BCUT2D eigenvalue weighted by Gasteiger charge is -2.18. The fraction of sp³-hybridized carbons (Fsp3) is 0.762. The second-order valence-corrected chi connectivity index (χ2v) is 7.99. The van der Waals surface area contributed by atoms with E-state index in [4.69, 9.17) is 0 Å². The van der Waals surface area contributed by atoms with E-state index in [0.29, 0.717) is 25.4 Å². The van der Waals surface area contributed by atoms with Gasteiger partial charge in [-0.05, 0) is 58.4 Å². The minimum atomic E-state index is 0. The van der Waals surface area contributed by atoms with E-state index >= 15 is 0 Å². The Hall–Kier alpha value is -1.32. The maximum absolute atomic E-state index is 12.0. The molecular formula is C21H39IN6O. The fourth-order valence-corrected chi connectivity index (χ4v) is 3.94. The van der Waals surface area contributed by atoms with Crippen molar-refractivity contribution in [3.8, 4) is 0 Å². The molecule has 1 aromatic heterocycles. The standard InChI is InChI=1S/C21H38N6O.HI/c1-6-22-21(24-12-11-23-20(28)14-18-9-7-8-10-18)25-15(2)13-19-16(3)26-27(5)17(19)4;/h15,18H,6-14H2,1-5H3,(H,23,28)(H2,22,24,25);1H. The van der Waals surface area contributed by atoms with Gasteiger partial charge in [0.1, 0.15) is 0 Å². The first kappa shape index (κ1) is 25.7. The van der Waals surface area contributed by atoms with E-state index in [1.165, 1.54) is 36.9 Å². The lowest BCUT2D eigenvalue weighted by Crippen LogP contribution is -2.43. The lowest BCUT2D eigenvalue weighted by molar-refractivity contribution is -0.121. The molecule has 7 nitrogen and oxygen atoms in total. The zero-order valence-corrected chi connectivity index (χ0v) is 21.0. The molecule has 3 N–H and O–H groups in total. The molecular weight excluding hydrogens is 479 g/mol. The minimum absolute atomic E-state index is 0. The molecule has 1 aromatic rings. The predicted molar refractivity (Wildman–Crippen MR) is 130 cm³/mol. The summed E-state index contributed by atoms with van der Waals surface area (Å²) in [6.45, 7) is 10.3. The number of carbonyl (C=O) groups is 1. The second-order valence-electron chi connectivity index (χ2n) is 7.99. The van der Waals surface area contributed by atoms with Crippen molar-refractivity contribution < 1.29 is 4.79 Å². The van der Waals surface area contributed by atoms with Gasteiger partial charge in [-0.1, -0.05) is 12.8 Å². The van der Waals surface area contributed by atoms with E-state index in [2.05, 4.69) is 53.7 Å². The van der Waals surface area contributed by atoms with Crippen LogP contribution in [0.3, 0.4) is 0 Å². The molecule has 1 atom stereocenters. The highest BCUT2D eigenvalue weighted by molar-refractivity contribution is 14.0. The van der Waals surface area contributed by atoms with E-state index in [1.54, 1.807) is 0 Å². The Balaban J connectivity index is 0.00000420. The molecule has 0 aromatic carbocycles. The van der Waals surface area contributed by atoms with E-state index in [0.717, 1.165) is 24.6 Å². The van der Waals surface area contributed by atoms with Crippen molar-refractivity contribution >= 4 is 35.8 Å². The monoisotopic (exact) mass is 518 g/mol. The molecule has 1 aliphatic carbocycles. The Morgan fingerprint density at radius 3 is 2.55 bits per heavy atom. The van der Waals surface area contributed by atoms with Crippen LogP contribution in [-0.4, -0.2) is 47.3 Å². The van der Waals surface area contributed by atoms with Crippen LogP contribution in [0, 0.1) is 19.8 Å². The van der Waals surface area contributed by atoms with Gasteiger partial charge in [0.15, 0.2) is 5.96 Å². The molecule has 1 saturated carbocycles. The molecule has 1 amide bonds. The SMILES string of the molecule is CCNC(=NCCNC(=O)CC1CCCC1)NC(C)Cc1c(C)nn(C)c1C.I. The van der Waals surface area contributed by atoms with Gasteiger partial charge in [-0.15, -0.1) is 24.0 Å². The van der Waals surface area contributed by atoms with Crippen LogP contribution in [0.1, 0.15) is 62.9 Å². The number of nitrogens with one attached hydrogen (secondary N) is 3. The van der Waals surface area contributed by atoms with Gasteiger partial charge in [-0.2, -0.15) is 5.10 Å². The van der Waals surface area contributed by atoms with Crippen LogP contribution in [-0.2, 0) is 18.3 Å². The number of hydrogen-bond acceptors (Lipinski definition) is 3. The van der Waals surface area contributed by atoms with Crippen LogP contribution >= 0.6 is 24.0 Å². The molecule has 8 heteroatoms. The number of halogens is 1. The molecule has 1 unspecified atom stereocenters. The summed E-state index contributed by atoms with van der Waals surface area (Å²) in [4.78, 5) is 16.6. The molecule has 0 spiro atoms. The van der Waals surface area contributed by atoms with E-state index in [9.17, 15) is 4.79 Å². The maximum atomic E-state index is 12.0. The van der Waals surface area contributed by atoms with Crippen LogP contribution < -0.4 is 16.0 Å². The number of rotatable bonds is 9. The molecule has 166 valence electrons. The van der Waals surface area contributed by atoms with Gasteiger partial charge >= 0.3 is 0 Å². The lowest BCUT2D eigenvalue weighted by atomic mass is 10.0. The van der Waals surface area contributed by atoms with Gasteiger partial charge in [0.2, 0.25) is 5.91 Å². The summed E-state index contributed by atoms with van der Waals surface area (Å²) in [5, 5.41) is 14.3. The van der Waals surface area contributed by atoms with Crippen molar-refractivity contribution in [3.63, 3.8) is 0 Å². The third-order valence-electron chi connectivity index (χ3n) is 5.55. The second kappa shape index (κ2) is 13.1. The Bertz CT molecular complexity index is 666. The summed E-state index contributed by atoms with van der Waals surface area (Å²) in [7, 11) is 1.98. The van der Waals surface area contributed by atoms with Crippen molar-refractivity contribution in [1.29, 1.82) is 0 Å². The Morgan fingerprint density at radius 2 is 1.97 bits per heavy atom. The van der Waals surface area contributed by atoms with Crippen LogP contribution in [0.4, 0.5) is 0 Å². The number of aromatic nitrogens is 2. The van der Waals surface area contributed by atoms with Crippen molar-refractivity contribution in [2.45, 2.75) is 72.3 Å². The van der Waals surface area contributed by atoms with Gasteiger partial charge in [-0.25, -0.2) is 0 Å². The summed E-state index contributed by atoms with van der Waals surface area (Å²) >= 11 is 0. The van der Waals surface area contributed by atoms with Crippen molar-refractivity contribution in [3.05, 3.63) is 17.0 Å². The van der Waals surface area contributed by atoms with Crippen LogP contribution in [0.5, 0.6) is 0 Å². The number of carbonyl (C=O) groups excluding carboxylic acids is 1. The molecule has 29 heavy (non-hydrogen) atoms. The Kier molecular flexibility index (Phi) is 11.6. The van der Waals surface area contributed by atoms with Crippen LogP contribution in [0.2, 0.25) is 0 Å². The predicted octanol–water partition coefficient (Wildman–Crippen LogP) is 2.84. The van der Waals surface area contributed by atoms with Gasteiger partial charge in [0.05, 0.1) is 12.2 Å². The summed E-state index contributed by atoms with van der Waals surface area (Å²) in [5.74, 6) is 1.54. The Labute approximate surface area is 192 Å². The summed E-state index contributed by atoms with van der Waals surface area (Å²) in [6, 6.07) is 0.233. The van der Waals surface area contributed by atoms with Crippen molar-refractivity contribution in [2.24, 2.45) is 18.0 Å². The van der Waals surface area contributed by atoms with Crippen LogP contribution in [0.15, 0.2) is 4.99 Å². The highest BCUT2D eigenvalue weighted by atomic mass is 127. The average molecular weight is 518 g/mol. The number of aryl methyl sites for hydroxylation is 2. The molecule has 1 fully saturated rings. The van der Waals surface area contributed by atoms with Crippen molar-refractivity contribution in [2.75, 3.05) is 19.6 Å². The van der Waals surface area contributed by atoms with E-state index in [-0.39, 0.29) is 35.9 Å². The van der Waals surface area contributed by atoms with Crippen LogP contribution in [0.25, 0.3) is 0 Å². The number of hydrogen-bond donors (Lipinski definition) is 3. The molecule has 1 heterocycles. The molecule has 0 bridgehead atoms. The number of aliphatic imine (C=N–C) groups is 1. The first-order chi connectivity index (χ1) is 13.4. The Morgan fingerprint density at radius 1 is 1.28 bits per heavy atom. The van der Waals surface area contributed by atoms with Crippen molar-refractivity contribution in [1.82, 2.24) is 25.7 Å². The normalized spacial score (nSPS) is 15.7. The van der Waals surface area contributed by atoms with Gasteiger partial charge < -0.3 is 16.0 Å². The number of amides is 1. The summed E-state index contributed by atoms with van der Waals surface area (Å²) < 4.78 is 1.94. The highest BCUT2D eigenvalue weighted by Gasteiger charge is 2.18. The molecule has 0 aliphatic heterocycles. The van der Waals surface area contributed by atoms with E-state index < -0.39 is 0 Å². The third kappa shape index (κ3) is 8.52. The first-order valence-electron chi connectivity index (χ1n) is 10.7. The first-order valence-corrected chi connectivity index (χ1v) is 10.7. The van der Waals surface area contributed by atoms with Gasteiger partial charge in [0.25, 0.3) is 0 Å². The van der Waals surface area contributed by atoms with Gasteiger partial charge in [-0.3, -0.25) is 14.5 Å². The molecule has 1 aliphatic rings. The molecule has 0 saturated heterocycles. The quantitative estimate of drug-likeness (QED) is 0.203. The zero-order chi connectivity index (χ0) is 20.5. The molecule has 2 rings (SSSR count). The minimum Gasteiger partial charge on any atom is -0.357 e. The fourth-order valence-electron chi connectivity index (χ4n) is 3.94. The average Bonchev–Trinajstić information content (AvgIpc) is 3.22. The summed E-state index contributed by atoms with van der Waals surface area (Å²) in [5.41, 5.74) is 3.58. The van der Waals surface area contributed by atoms with E-state index in [1.807, 2.05) is 11.7 Å². The van der Waals surface area contributed by atoms with Gasteiger partial charge in [0, 0.05) is 38.3 Å². The highest BCUT2D eigenvalue weighted by Crippen LogP contribution is 2.27. The zero-order valence-electron chi connectivity index (χ0n) is 18.7.